The van der Waals surface area contributed by atoms with Crippen LogP contribution in [0.2, 0.25) is 0 Å². The third-order valence-corrected chi connectivity index (χ3v) is 7.57. The largest absolute Gasteiger partial charge is 0.380 e. The fraction of sp³-hybridized carbons (Fsp3) is 0.565. The molecule has 152 valence electrons. The first kappa shape index (κ1) is 17.7. The molecule has 6 rings (SSSR count). The van der Waals surface area contributed by atoms with E-state index in [2.05, 4.69) is 39.3 Å². The van der Waals surface area contributed by atoms with Gasteiger partial charge in [-0.2, -0.15) is 10.2 Å². The summed E-state index contributed by atoms with van der Waals surface area (Å²) in [5.41, 5.74) is 6.13. The maximum Gasteiger partial charge on any atom is 0.103 e. The van der Waals surface area contributed by atoms with Gasteiger partial charge in [0.05, 0.1) is 18.3 Å². The van der Waals surface area contributed by atoms with Crippen LogP contribution in [0.3, 0.4) is 0 Å². The van der Waals surface area contributed by atoms with Crippen LogP contribution in [0, 0.1) is 18.8 Å². The summed E-state index contributed by atoms with van der Waals surface area (Å²) in [5.74, 6) is 2.36. The van der Waals surface area contributed by atoms with Crippen LogP contribution in [0.5, 0.6) is 0 Å². The van der Waals surface area contributed by atoms with E-state index in [4.69, 9.17) is 4.74 Å². The Kier molecular flexibility index (Phi) is 4.06. The molecule has 4 heterocycles. The molecule has 4 atom stereocenters. The van der Waals surface area contributed by atoms with E-state index >= 15 is 0 Å². The van der Waals surface area contributed by atoms with Crippen molar-refractivity contribution in [3.8, 4) is 11.3 Å². The van der Waals surface area contributed by atoms with E-state index in [-0.39, 0.29) is 0 Å². The molecule has 1 saturated carbocycles. The number of nitrogens with zero attached hydrogens (tertiary/aromatic N) is 4. The zero-order valence-electron chi connectivity index (χ0n) is 17.3. The molecule has 0 amide bonds. The number of aromatic nitrogens is 4. The van der Waals surface area contributed by atoms with Gasteiger partial charge in [-0.15, -0.1) is 0 Å². The fourth-order valence-corrected chi connectivity index (χ4v) is 6.09. The van der Waals surface area contributed by atoms with Crippen LogP contribution in [0.1, 0.15) is 36.3 Å². The quantitative estimate of drug-likeness (QED) is 0.743. The highest BCUT2D eigenvalue weighted by atomic mass is 16.5. The number of hydrogen-bond acceptors (Lipinski definition) is 4. The Morgan fingerprint density at radius 3 is 2.69 bits per heavy atom. The van der Waals surface area contributed by atoms with E-state index in [9.17, 15) is 0 Å². The van der Waals surface area contributed by atoms with Gasteiger partial charge in [-0.25, -0.2) is 0 Å². The molecule has 3 fully saturated rings. The third kappa shape index (κ3) is 2.92. The van der Waals surface area contributed by atoms with Crippen LogP contribution < -0.4 is 0 Å². The first-order chi connectivity index (χ1) is 14.2. The summed E-state index contributed by atoms with van der Waals surface area (Å²) in [6.45, 7) is 6.68. The second-order valence-electron chi connectivity index (χ2n) is 9.39. The van der Waals surface area contributed by atoms with Crippen molar-refractivity contribution in [2.24, 2.45) is 18.9 Å². The average Bonchev–Trinajstić information content (AvgIpc) is 3.48. The van der Waals surface area contributed by atoms with Gasteiger partial charge in [0.1, 0.15) is 5.69 Å². The summed E-state index contributed by atoms with van der Waals surface area (Å²) in [4.78, 5) is 2.71. The Bertz CT molecular complexity index is 1030. The molecule has 2 unspecified atom stereocenters. The lowest BCUT2D eigenvalue weighted by atomic mass is 9.90. The van der Waals surface area contributed by atoms with Crippen molar-refractivity contribution in [3.63, 3.8) is 0 Å². The standard InChI is InChI=1S/C23H29N5O/c1-14-5-22-21(23(26-25-22)18-9-24-27(2)10-18)8-20(14)15-6-16-11-28(12-17(16)7-15)19-3-4-29-13-19/h5,8-10,15-17,19H,3-4,6-7,11-13H2,1-2H3,(H,25,26)/t15?,16-,17+,19?. The Hall–Kier alpha value is -2.18. The number of H-pyrrole nitrogens is 1. The molecular formula is C23H29N5O. The van der Waals surface area contributed by atoms with Crippen LogP contribution in [0.4, 0.5) is 0 Å². The molecule has 0 radical (unpaired) electrons. The van der Waals surface area contributed by atoms with Crippen LogP contribution in [-0.4, -0.2) is 57.2 Å². The van der Waals surface area contributed by atoms with Gasteiger partial charge in [0.2, 0.25) is 0 Å². The third-order valence-electron chi connectivity index (χ3n) is 7.57. The summed E-state index contributed by atoms with van der Waals surface area (Å²) in [5, 5.41) is 13.4. The SMILES string of the molecule is Cc1cc2[nH]nc(-c3cnn(C)c3)c2cc1C1C[C@@H]2CN(C3CCOC3)C[C@@H]2C1. The van der Waals surface area contributed by atoms with Gasteiger partial charge in [0.15, 0.2) is 0 Å². The Balaban J connectivity index is 1.27. The molecule has 0 bridgehead atoms. The van der Waals surface area contributed by atoms with Crippen molar-refractivity contribution in [3.05, 3.63) is 35.7 Å². The van der Waals surface area contributed by atoms with Crippen molar-refractivity contribution in [2.45, 2.75) is 38.1 Å². The van der Waals surface area contributed by atoms with Gasteiger partial charge in [-0.1, -0.05) is 0 Å². The predicted molar refractivity (Wildman–Crippen MR) is 113 cm³/mol. The van der Waals surface area contributed by atoms with Crippen molar-refractivity contribution < 1.29 is 4.74 Å². The minimum atomic E-state index is 0.671. The number of fused-ring (bicyclic) bond motifs is 2. The van der Waals surface area contributed by atoms with Crippen molar-refractivity contribution in [1.29, 1.82) is 0 Å². The number of benzene rings is 1. The molecule has 1 N–H and O–H groups in total. The summed E-state index contributed by atoms with van der Waals surface area (Å²) >= 11 is 0. The Labute approximate surface area is 171 Å². The van der Waals surface area contributed by atoms with E-state index in [1.807, 2.05) is 24.1 Å². The zero-order chi connectivity index (χ0) is 19.5. The van der Waals surface area contributed by atoms with Crippen LogP contribution in [0.15, 0.2) is 24.5 Å². The Morgan fingerprint density at radius 2 is 2.00 bits per heavy atom. The second-order valence-corrected chi connectivity index (χ2v) is 9.39. The number of nitrogens with one attached hydrogen (secondary N) is 1. The molecule has 2 aromatic heterocycles. The maximum atomic E-state index is 5.62. The summed E-state index contributed by atoms with van der Waals surface area (Å²) < 4.78 is 7.46. The van der Waals surface area contributed by atoms with E-state index < -0.39 is 0 Å². The lowest BCUT2D eigenvalue weighted by Crippen LogP contribution is -2.34. The lowest BCUT2D eigenvalue weighted by Gasteiger charge is -2.24. The number of likely N-dealkylation sites (tertiary alicyclic amines) is 1. The highest BCUT2D eigenvalue weighted by molar-refractivity contribution is 5.93. The van der Waals surface area contributed by atoms with Gasteiger partial charge in [0, 0.05) is 49.9 Å². The monoisotopic (exact) mass is 391 g/mol. The first-order valence-electron chi connectivity index (χ1n) is 10.9. The van der Waals surface area contributed by atoms with Gasteiger partial charge < -0.3 is 4.74 Å². The van der Waals surface area contributed by atoms with Crippen LogP contribution in [0.25, 0.3) is 22.2 Å². The highest BCUT2D eigenvalue weighted by Crippen LogP contribution is 2.48. The van der Waals surface area contributed by atoms with E-state index in [1.54, 1.807) is 0 Å². The van der Waals surface area contributed by atoms with Gasteiger partial charge >= 0.3 is 0 Å². The number of ether oxygens (including phenoxy) is 1. The topological polar surface area (TPSA) is 59.0 Å². The number of rotatable bonds is 3. The van der Waals surface area contributed by atoms with Crippen molar-refractivity contribution in [1.82, 2.24) is 24.9 Å². The molecule has 2 saturated heterocycles. The molecule has 1 aromatic carbocycles. The smallest absolute Gasteiger partial charge is 0.103 e. The van der Waals surface area contributed by atoms with Crippen LogP contribution >= 0.6 is 0 Å². The molecule has 6 heteroatoms. The minimum absolute atomic E-state index is 0.671. The van der Waals surface area contributed by atoms with Crippen molar-refractivity contribution >= 4 is 10.9 Å². The van der Waals surface area contributed by atoms with Crippen molar-refractivity contribution in [2.75, 3.05) is 26.3 Å². The highest BCUT2D eigenvalue weighted by Gasteiger charge is 2.43. The van der Waals surface area contributed by atoms with E-state index in [1.165, 1.54) is 48.9 Å². The molecule has 2 aliphatic heterocycles. The molecule has 29 heavy (non-hydrogen) atoms. The van der Waals surface area contributed by atoms with Crippen LogP contribution in [-0.2, 0) is 11.8 Å². The Morgan fingerprint density at radius 1 is 1.17 bits per heavy atom. The first-order valence-corrected chi connectivity index (χ1v) is 10.9. The molecule has 6 nitrogen and oxygen atoms in total. The van der Waals surface area contributed by atoms with E-state index in [0.29, 0.717) is 12.0 Å². The summed E-state index contributed by atoms with van der Waals surface area (Å²) in [6.07, 6.45) is 7.80. The van der Waals surface area contributed by atoms with Gasteiger partial charge in [-0.05, 0) is 67.2 Å². The van der Waals surface area contributed by atoms with Gasteiger partial charge in [-0.3, -0.25) is 14.7 Å². The normalized spacial score (nSPS) is 29.9. The number of hydrogen-bond donors (Lipinski definition) is 1. The molecular weight excluding hydrogens is 362 g/mol. The molecule has 3 aromatic rings. The number of aromatic amines is 1. The lowest BCUT2D eigenvalue weighted by molar-refractivity contribution is 0.153. The minimum Gasteiger partial charge on any atom is -0.380 e. The number of aryl methyl sites for hydroxylation is 2. The average molecular weight is 392 g/mol. The second kappa shape index (κ2) is 6.67. The molecule has 0 spiro atoms. The fourth-order valence-electron chi connectivity index (χ4n) is 6.09. The van der Waals surface area contributed by atoms with Gasteiger partial charge in [0.25, 0.3) is 0 Å². The zero-order valence-corrected chi connectivity index (χ0v) is 17.3. The predicted octanol–water partition coefficient (Wildman–Crippen LogP) is 3.49. The summed E-state index contributed by atoms with van der Waals surface area (Å²) in [6, 6.07) is 5.36. The van der Waals surface area contributed by atoms with E-state index in [0.717, 1.165) is 41.8 Å². The molecule has 3 aliphatic rings. The summed E-state index contributed by atoms with van der Waals surface area (Å²) in [7, 11) is 1.95. The maximum absolute atomic E-state index is 5.62. The molecule has 1 aliphatic carbocycles.